The highest BCUT2D eigenvalue weighted by Crippen LogP contribution is 2.27. The molecule has 0 fully saturated rings. The summed E-state index contributed by atoms with van der Waals surface area (Å²) in [6.45, 7) is -0.611. The van der Waals surface area contributed by atoms with Gasteiger partial charge in [-0.25, -0.2) is 0 Å². The molecule has 0 aliphatic carbocycles. The molecule has 4 N–H and O–H groups in total. The molecular weight excluding hydrogens is 402 g/mol. The topological polar surface area (TPSA) is 96.7 Å². The van der Waals surface area contributed by atoms with Crippen LogP contribution in [0.5, 0.6) is 0 Å². The van der Waals surface area contributed by atoms with E-state index in [-0.39, 0.29) is 18.6 Å². The Balaban J connectivity index is 1.72. The van der Waals surface area contributed by atoms with Crippen LogP contribution in [0.1, 0.15) is 12.0 Å². The number of benzene rings is 3. The number of hydrogen-bond donors (Lipinski definition) is 3. The van der Waals surface area contributed by atoms with Crippen LogP contribution in [0, 0.1) is 0 Å². The SMILES string of the molecule is NC(CO)(CO)CCc1ccc2oc3cc(-c4ccc(Cl)cc4)ccc3c(=O)c2c1. The highest BCUT2D eigenvalue weighted by Gasteiger charge is 2.22. The van der Waals surface area contributed by atoms with Gasteiger partial charge < -0.3 is 20.4 Å². The first-order valence-corrected chi connectivity index (χ1v) is 10.1. The second kappa shape index (κ2) is 8.20. The second-order valence-corrected chi connectivity index (χ2v) is 8.09. The smallest absolute Gasteiger partial charge is 0.200 e. The molecule has 4 rings (SSSR count). The zero-order valence-electron chi connectivity index (χ0n) is 16.3. The van der Waals surface area contributed by atoms with Crippen LogP contribution in [0.3, 0.4) is 0 Å². The third-order valence-corrected chi connectivity index (χ3v) is 5.71. The number of fused-ring (bicyclic) bond motifs is 2. The van der Waals surface area contributed by atoms with Crippen molar-refractivity contribution in [2.24, 2.45) is 5.73 Å². The van der Waals surface area contributed by atoms with Crippen LogP contribution >= 0.6 is 11.6 Å². The second-order valence-electron chi connectivity index (χ2n) is 7.66. The predicted molar refractivity (Wildman–Crippen MR) is 120 cm³/mol. The van der Waals surface area contributed by atoms with Gasteiger partial charge in [-0.3, -0.25) is 4.79 Å². The van der Waals surface area contributed by atoms with E-state index in [1.54, 1.807) is 18.2 Å². The molecule has 1 aromatic heterocycles. The van der Waals surface area contributed by atoms with Crippen LogP contribution in [0.25, 0.3) is 33.1 Å². The molecule has 0 radical (unpaired) electrons. The zero-order chi connectivity index (χ0) is 21.3. The quantitative estimate of drug-likeness (QED) is 0.409. The molecule has 1 heterocycles. The van der Waals surface area contributed by atoms with Crippen LogP contribution in [0.4, 0.5) is 0 Å². The highest BCUT2D eigenvalue weighted by atomic mass is 35.5. The summed E-state index contributed by atoms with van der Waals surface area (Å²) in [4.78, 5) is 13.1. The van der Waals surface area contributed by atoms with Crippen LogP contribution in [0.2, 0.25) is 5.02 Å². The van der Waals surface area contributed by atoms with Gasteiger partial charge in [-0.1, -0.05) is 35.9 Å². The molecule has 6 heteroatoms. The minimum atomic E-state index is -1.04. The highest BCUT2D eigenvalue weighted by molar-refractivity contribution is 6.30. The van der Waals surface area contributed by atoms with Crippen molar-refractivity contribution in [1.29, 1.82) is 0 Å². The van der Waals surface area contributed by atoms with Gasteiger partial charge in [-0.05, 0) is 65.9 Å². The lowest BCUT2D eigenvalue weighted by Gasteiger charge is -2.24. The van der Waals surface area contributed by atoms with E-state index < -0.39 is 5.54 Å². The fourth-order valence-corrected chi connectivity index (χ4v) is 3.61. The zero-order valence-corrected chi connectivity index (χ0v) is 17.0. The van der Waals surface area contributed by atoms with Gasteiger partial charge in [-0.2, -0.15) is 0 Å². The standard InChI is InChI=1S/C24H22ClNO4/c25-18-5-2-16(3-6-18)17-4-7-19-22(12-17)30-21-8-1-15(11-20(21)23(19)29)9-10-24(26,13-27)14-28/h1-8,11-12,27-28H,9-10,13-14,26H2. The Kier molecular flexibility index (Phi) is 5.62. The molecule has 154 valence electrons. The summed E-state index contributed by atoms with van der Waals surface area (Å²) < 4.78 is 6.02. The Bertz CT molecular complexity index is 1260. The summed E-state index contributed by atoms with van der Waals surface area (Å²) in [7, 11) is 0. The Morgan fingerprint density at radius 2 is 1.57 bits per heavy atom. The molecule has 0 atom stereocenters. The third-order valence-electron chi connectivity index (χ3n) is 5.45. The Morgan fingerprint density at radius 1 is 0.867 bits per heavy atom. The molecule has 0 unspecified atom stereocenters. The third kappa shape index (κ3) is 3.98. The van der Waals surface area contributed by atoms with Crippen molar-refractivity contribution in [3.05, 3.63) is 81.5 Å². The summed E-state index contributed by atoms with van der Waals surface area (Å²) in [6, 6.07) is 18.5. The van der Waals surface area contributed by atoms with Gasteiger partial charge in [0.1, 0.15) is 11.2 Å². The van der Waals surface area contributed by atoms with Gasteiger partial charge in [0, 0.05) is 5.02 Å². The van der Waals surface area contributed by atoms with E-state index in [9.17, 15) is 15.0 Å². The van der Waals surface area contributed by atoms with E-state index in [1.165, 1.54) is 0 Å². The van der Waals surface area contributed by atoms with Crippen molar-refractivity contribution < 1.29 is 14.6 Å². The minimum Gasteiger partial charge on any atom is -0.456 e. The molecular formula is C24H22ClNO4. The number of aliphatic hydroxyl groups is 2. The van der Waals surface area contributed by atoms with E-state index >= 15 is 0 Å². The van der Waals surface area contributed by atoms with Crippen molar-refractivity contribution in [2.45, 2.75) is 18.4 Å². The van der Waals surface area contributed by atoms with Crippen molar-refractivity contribution in [2.75, 3.05) is 13.2 Å². The summed E-state index contributed by atoms with van der Waals surface area (Å²) in [5, 5.41) is 20.4. The van der Waals surface area contributed by atoms with Gasteiger partial charge >= 0.3 is 0 Å². The minimum absolute atomic E-state index is 0.0981. The lowest BCUT2D eigenvalue weighted by Crippen LogP contribution is -2.47. The molecule has 0 spiro atoms. The van der Waals surface area contributed by atoms with Gasteiger partial charge in [0.2, 0.25) is 5.43 Å². The van der Waals surface area contributed by atoms with Crippen molar-refractivity contribution in [3.63, 3.8) is 0 Å². The molecule has 0 aliphatic heterocycles. The molecule has 3 aromatic carbocycles. The number of hydrogen-bond acceptors (Lipinski definition) is 5. The molecule has 0 amide bonds. The Morgan fingerprint density at radius 3 is 2.27 bits per heavy atom. The number of nitrogens with two attached hydrogens (primary N) is 1. The molecule has 30 heavy (non-hydrogen) atoms. The normalized spacial score (nSPS) is 12.0. The molecule has 0 saturated carbocycles. The molecule has 0 saturated heterocycles. The maximum atomic E-state index is 13.1. The first-order chi connectivity index (χ1) is 14.4. The molecule has 0 aliphatic rings. The van der Waals surface area contributed by atoms with Crippen molar-refractivity contribution in [1.82, 2.24) is 0 Å². The lowest BCUT2D eigenvalue weighted by molar-refractivity contribution is 0.115. The maximum Gasteiger partial charge on any atom is 0.200 e. The van der Waals surface area contributed by atoms with E-state index in [0.717, 1.165) is 16.7 Å². The van der Waals surface area contributed by atoms with Crippen molar-refractivity contribution in [3.8, 4) is 11.1 Å². The molecule has 4 aromatic rings. The monoisotopic (exact) mass is 423 g/mol. The summed E-state index contributed by atoms with van der Waals surface area (Å²) in [5.74, 6) is 0. The fourth-order valence-electron chi connectivity index (χ4n) is 3.48. The Labute approximate surface area is 178 Å². The van der Waals surface area contributed by atoms with E-state index in [4.69, 9.17) is 21.8 Å². The van der Waals surface area contributed by atoms with E-state index in [1.807, 2.05) is 42.5 Å². The number of aliphatic hydroxyl groups excluding tert-OH is 2. The molecule has 5 nitrogen and oxygen atoms in total. The number of rotatable bonds is 6. The van der Waals surface area contributed by atoms with Crippen LogP contribution in [-0.2, 0) is 6.42 Å². The first kappa shape index (κ1) is 20.6. The van der Waals surface area contributed by atoms with E-state index in [0.29, 0.717) is 39.8 Å². The van der Waals surface area contributed by atoms with Crippen molar-refractivity contribution >= 4 is 33.5 Å². The molecule has 0 bridgehead atoms. The summed E-state index contributed by atoms with van der Waals surface area (Å²) in [5.41, 5.74) is 8.65. The van der Waals surface area contributed by atoms with Crippen LogP contribution in [0.15, 0.2) is 69.9 Å². The predicted octanol–water partition coefficient (Wildman–Crippen LogP) is 3.88. The van der Waals surface area contributed by atoms with E-state index in [2.05, 4.69) is 0 Å². The number of aryl methyl sites for hydroxylation is 1. The van der Waals surface area contributed by atoms with Crippen LogP contribution < -0.4 is 11.2 Å². The summed E-state index contributed by atoms with van der Waals surface area (Å²) >= 11 is 5.97. The van der Waals surface area contributed by atoms with Crippen LogP contribution in [-0.4, -0.2) is 29.0 Å². The average Bonchev–Trinajstić information content (AvgIpc) is 2.78. The van der Waals surface area contributed by atoms with Gasteiger partial charge in [-0.15, -0.1) is 0 Å². The average molecular weight is 424 g/mol. The van der Waals surface area contributed by atoms with Gasteiger partial charge in [0.15, 0.2) is 0 Å². The largest absolute Gasteiger partial charge is 0.456 e. The first-order valence-electron chi connectivity index (χ1n) is 9.68. The summed E-state index contributed by atoms with van der Waals surface area (Å²) in [6.07, 6.45) is 0.926. The van der Waals surface area contributed by atoms with Gasteiger partial charge in [0.25, 0.3) is 0 Å². The number of halogens is 1. The fraction of sp³-hybridized carbons (Fsp3) is 0.208. The lowest BCUT2D eigenvalue weighted by atomic mass is 9.93. The Hall–Kier alpha value is -2.70. The maximum absolute atomic E-state index is 13.1. The van der Waals surface area contributed by atoms with Gasteiger partial charge in [0.05, 0.1) is 29.5 Å².